The Bertz CT molecular complexity index is 542. The number of fused-ring (bicyclic) bond motifs is 1. The molecular weight excluding hydrogens is 222 g/mol. The minimum absolute atomic E-state index is 0.817. The quantitative estimate of drug-likeness (QED) is 0.888. The van der Waals surface area contributed by atoms with Crippen molar-refractivity contribution < 1.29 is 0 Å². The first-order valence-corrected chi connectivity index (χ1v) is 6.62. The average molecular weight is 241 g/mol. The Kier molecular flexibility index (Phi) is 3.15. The molecule has 0 bridgehead atoms. The number of aromatic nitrogens is 2. The molecule has 1 aromatic heterocycles. The second-order valence-electron chi connectivity index (χ2n) is 4.96. The zero-order valence-corrected chi connectivity index (χ0v) is 10.8. The van der Waals surface area contributed by atoms with Gasteiger partial charge in [-0.15, -0.1) is 0 Å². The lowest BCUT2D eigenvalue weighted by Gasteiger charge is -2.09. The maximum atomic E-state index is 4.38. The van der Waals surface area contributed by atoms with Crippen molar-refractivity contribution in [1.82, 2.24) is 14.9 Å². The number of hydrogen-bond acceptors (Lipinski definition) is 2. The van der Waals surface area contributed by atoms with Crippen molar-refractivity contribution >= 4 is 0 Å². The number of nitrogens with one attached hydrogen (secondary N) is 1. The molecule has 94 valence electrons. The topological polar surface area (TPSA) is 29.9 Å². The molecule has 3 heteroatoms. The van der Waals surface area contributed by atoms with Crippen LogP contribution in [0.1, 0.15) is 28.9 Å². The highest BCUT2D eigenvalue weighted by molar-refractivity contribution is 5.35. The molecule has 1 N–H and O–H groups in total. The average Bonchev–Trinajstić information content (AvgIpc) is 2.99. The monoisotopic (exact) mass is 241 g/mol. The molecule has 2 aromatic rings. The largest absolute Gasteiger partial charge is 0.329 e. The smallest absolute Gasteiger partial charge is 0.122 e. The maximum Gasteiger partial charge on any atom is 0.122 e. The summed E-state index contributed by atoms with van der Waals surface area (Å²) >= 11 is 0. The molecule has 3 rings (SSSR count). The minimum Gasteiger partial charge on any atom is -0.329 e. The second-order valence-corrected chi connectivity index (χ2v) is 4.96. The Balaban J connectivity index is 1.81. The van der Waals surface area contributed by atoms with Crippen molar-refractivity contribution in [2.24, 2.45) is 0 Å². The third-order valence-electron chi connectivity index (χ3n) is 3.65. The van der Waals surface area contributed by atoms with Crippen molar-refractivity contribution in [1.29, 1.82) is 0 Å². The lowest BCUT2D eigenvalue weighted by atomic mass is 10.1. The molecule has 0 saturated heterocycles. The van der Waals surface area contributed by atoms with Crippen LogP contribution in [0.2, 0.25) is 0 Å². The van der Waals surface area contributed by atoms with Crippen LogP contribution in [0.15, 0.2) is 30.6 Å². The van der Waals surface area contributed by atoms with Crippen molar-refractivity contribution in [3.8, 4) is 0 Å². The molecule has 0 fully saturated rings. The molecule has 0 atom stereocenters. The van der Waals surface area contributed by atoms with Gasteiger partial charge in [0, 0.05) is 18.9 Å². The van der Waals surface area contributed by atoms with Crippen molar-refractivity contribution in [3.63, 3.8) is 0 Å². The highest BCUT2D eigenvalue weighted by atomic mass is 15.1. The van der Waals surface area contributed by atoms with E-state index in [-0.39, 0.29) is 0 Å². The maximum absolute atomic E-state index is 4.38. The van der Waals surface area contributed by atoms with Crippen LogP contribution in [-0.2, 0) is 25.9 Å². The van der Waals surface area contributed by atoms with E-state index in [1.54, 1.807) is 11.1 Å². The fraction of sp³-hybridized carbons (Fsp3) is 0.400. The zero-order chi connectivity index (χ0) is 12.4. The normalized spacial score (nSPS) is 13.8. The van der Waals surface area contributed by atoms with Crippen LogP contribution >= 0.6 is 0 Å². The van der Waals surface area contributed by atoms with Crippen molar-refractivity contribution in [3.05, 3.63) is 53.1 Å². The van der Waals surface area contributed by atoms with Gasteiger partial charge in [-0.1, -0.05) is 18.2 Å². The summed E-state index contributed by atoms with van der Waals surface area (Å²) in [7, 11) is 1.95. The molecule has 0 unspecified atom stereocenters. The van der Waals surface area contributed by atoms with E-state index in [2.05, 4.69) is 39.3 Å². The van der Waals surface area contributed by atoms with Crippen molar-refractivity contribution in [2.45, 2.75) is 32.4 Å². The van der Waals surface area contributed by atoms with Crippen LogP contribution in [-0.4, -0.2) is 16.6 Å². The van der Waals surface area contributed by atoms with Gasteiger partial charge in [-0.3, -0.25) is 0 Å². The number of imidazole rings is 1. The van der Waals surface area contributed by atoms with E-state index in [9.17, 15) is 0 Å². The number of aryl methyl sites for hydroxylation is 2. The molecule has 0 saturated carbocycles. The standard InChI is InChI=1S/C15H19N3/c1-16-10-15-17-7-8-18(15)11-12-5-6-13-3-2-4-14(13)9-12/h5-9,16H,2-4,10-11H2,1H3. The Hall–Kier alpha value is -1.61. The summed E-state index contributed by atoms with van der Waals surface area (Å²) in [6, 6.07) is 6.92. The van der Waals surface area contributed by atoms with Gasteiger partial charge >= 0.3 is 0 Å². The number of benzene rings is 1. The molecule has 1 aliphatic carbocycles. The summed E-state index contributed by atoms with van der Waals surface area (Å²) in [6.07, 6.45) is 7.75. The molecule has 0 amide bonds. The molecular formula is C15H19N3. The summed E-state index contributed by atoms with van der Waals surface area (Å²) in [5, 5.41) is 3.15. The van der Waals surface area contributed by atoms with Gasteiger partial charge in [0.2, 0.25) is 0 Å². The van der Waals surface area contributed by atoms with Crippen LogP contribution in [0.5, 0.6) is 0 Å². The van der Waals surface area contributed by atoms with Gasteiger partial charge in [0.25, 0.3) is 0 Å². The molecule has 18 heavy (non-hydrogen) atoms. The second kappa shape index (κ2) is 4.94. The Labute approximate surface area is 108 Å². The van der Waals surface area contributed by atoms with Crippen LogP contribution in [0.4, 0.5) is 0 Å². The van der Waals surface area contributed by atoms with Gasteiger partial charge < -0.3 is 9.88 Å². The number of hydrogen-bond donors (Lipinski definition) is 1. The van der Waals surface area contributed by atoms with Gasteiger partial charge in [0.15, 0.2) is 0 Å². The zero-order valence-electron chi connectivity index (χ0n) is 10.8. The predicted molar refractivity (Wildman–Crippen MR) is 72.6 cm³/mol. The molecule has 1 heterocycles. The Morgan fingerprint density at radius 3 is 3.06 bits per heavy atom. The van der Waals surface area contributed by atoms with E-state index < -0.39 is 0 Å². The van der Waals surface area contributed by atoms with E-state index in [0.29, 0.717) is 0 Å². The summed E-state index contributed by atoms with van der Waals surface area (Å²) in [5.74, 6) is 1.10. The SMILES string of the molecule is CNCc1nccn1Cc1ccc2c(c1)CCC2. The van der Waals surface area contributed by atoms with E-state index in [4.69, 9.17) is 0 Å². The fourth-order valence-corrected chi connectivity index (χ4v) is 2.73. The van der Waals surface area contributed by atoms with E-state index in [1.807, 2.05) is 13.2 Å². The molecule has 0 radical (unpaired) electrons. The Morgan fingerprint density at radius 1 is 1.28 bits per heavy atom. The van der Waals surface area contributed by atoms with Crippen LogP contribution in [0.3, 0.4) is 0 Å². The van der Waals surface area contributed by atoms with E-state index >= 15 is 0 Å². The fourth-order valence-electron chi connectivity index (χ4n) is 2.73. The molecule has 0 aliphatic heterocycles. The Morgan fingerprint density at radius 2 is 2.17 bits per heavy atom. The summed E-state index contributed by atoms with van der Waals surface area (Å²) < 4.78 is 2.22. The van der Waals surface area contributed by atoms with E-state index in [1.165, 1.54) is 24.8 Å². The summed E-state index contributed by atoms with van der Waals surface area (Å²) in [6.45, 7) is 1.74. The lowest BCUT2D eigenvalue weighted by Crippen LogP contribution is -2.12. The van der Waals surface area contributed by atoms with Crippen molar-refractivity contribution in [2.75, 3.05) is 7.05 Å². The first-order valence-electron chi connectivity index (χ1n) is 6.62. The molecule has 0 spiro atoms. The van der Waals surface area contributed by atoms with Crippen LogP contribution in [0, 0.1) is 0 Å². The number of nitrogens with zero attached hydrogens (tertiary/aromatic N) is 2. The third kappa shape index (κ3) is 2.18. The van der Waals surface area contributed by atoms with Gasteiger partial charge in [0.1, 0.15) is 5.82 Å². The summed E-state index contributed by atoms with van der Waals surface area (Å²) in [4.78, 5) is 4.38. The molecule has 1 aromatic carbocycles. The van der Waals surface area contributed by atoms with Gasteiger partial charge in [0.05, 0.1) is 6.54 Å². The summed E-state index contributed by atoms with van der Waals surface area (Å²) in [5.41, 5.74) is 4.47. The van der Waals surface area contributed by atoms with Gasteiger partial charge in [-0.2, -0.15) is 0 Å². The lowest BCUT2D eigenvalue weighted by molar-refractivity contribution is 0.673. The molecule has 3 nitrogen and oxygen atoms in total. The predicted octanol–water partition coefficient (Wildman–Crippen LogP) is 2.14. The van der Waals surface area contributed by atoms with Crippen LogP contribution in [0.25, 0.3) is 0 Å². The van der Waals surface area contributed by atoms with Crippen LogP contribution < -0.4 is 5.32 Å². The molecule has 1 aliphatic rings. The van der Waals surface area contributed by atoms with E-state index in [0.717, 1.165) is 18.9 Å². The highest BCUT2D eigenvalue weighted by Crippen LogP contribution is 2.23. The van der Waals surface area contributed by atoms with Gasteiger partial charge in [-0.05, 0) is 43.0 Å². The highest BCUT2D eigenvalue weighted by Gasteiger charge is 2.11. The van der Waals surface area contributed by atoms with Gasteiger partial charge in [-0.25, -0.2) is 4.98 Å². The first kappa shape index (κ1) is 11.5. The minimum atomic E-state index is 0.817. The first-order chi connectivity index (χ1) is 8.86. The third-order valence-corrected chi connectivity index (χ3v) is 3.65. The number of rotatable bonds is 4.